The molecule has 0 aromatic carbocycles. The highest BCUT2D eigenvalue weighted by Gasteiger charge is 2.61. The van der Waals surface area contributed by atoms with Gasteiger partial charge in [-0.3, -0.25) is 4.52 Å². The van der Waals surface area contributed by atoms with E-state index in [0.717, 1.165) is 6.92 Å². The number of aliphatic hydroxyl groups excluding tert-OH is 3. The van der Waals surface area contributed by atoms with Gasteiger partial charge in [0.25, 0.3) is 5.92 Å². The van der Waals surface area contributed by atoms with Gasteiger partial charge in [0.2, 0.25) is 0 Å². The summed E-state index contributed by atoms with van der Waals surface area (Å²) in [6.07, 6.45) is -8.78. The highest BCUT2D eigenvalue weighted by Crippen LogP contribution is 2.48. The number of phosphoric acid groups is 1. The maximum atomic E-state index is 13.6. The van der Waals surface area contributed by atoms with Gasteiger partial charge in [0.15, 0.2) is 6.10 Å². The van der Waals surface area contributed by atoms with Crippen molar-refractivity contribution in [1.82, 2.24) is 0 Å². The lowest BCUT2D eigenvalue weighted by Crippen LogP contribution is -2.64. The van der Waals surface area contributed by atoms with Crippen molar-refractivity contribution >= 4 is 7.82 Å². The predicted molar refractivity (Wildman–Crippen MR) is 49.0 cm³/mol. The van der Waals surface area contributed by atoms with Crippen LogP contribution >= 0.6 is 7.82 Å². The number of phosphoric ester groups is 1. The van der Waals surface area contributed by atoms with Gasteiger partial charge in [-0.1, -0.05) is 6.92 Å². The van der Waals surface area contributed by atoms with Crippen LogP contribution in [0.25, 0.3) is 0 Å². The Morgan fingerprint density at radius 1 is 1.12 bits per heavy atom. The lowest BCUT2D eigenvalue weighted by molar-refractivity contribution is -0.259. The third-order valence-electron chi connectivity index (χ3n) is 2.76. The summed E-state index contributed by atoms with van der Waals surface area (Å²) in [5.41, 5.74) is 0. The Bertz CT molecular complexity index is 332. The van der Waals surface area contributed by atoms with Crippen LogP contribution in [0.3, 0.4) is 0 Å². The lowest BCUT2D eigenvalue weighted by atomic mass is 9.79. The quantitative estimate of drug-likeness (QED) is 0.403. The van der Waals surface area contributed by atoms with E-state index in [1.165, 1.54) is 0 Å². The maximum Gasteiger partial charge on any atom is 0.470 e. The fourth-order valence-electron chi connectivity index (χ4n) is 1.67. The monoisotopic (exact) mass is 278 g/mol. The minimum Gasteiger partial charge on any atom is -0.390 e. The molecule has 1 fully saturated rings. The Labute approximate surface area is 94.9 Å². The van der Waals surface area contributed by atoms with Crippen molar-refractivity contribution in [2.24, 2.45) is 5.92 Å². The summed E-state index contributed by atoms with van der Waals surface area (Å²) in [4.78, 5) is 16.9. The van der Waals surface area contributed by atoms with Crippen LogP contribution in [0.15, 0.2) is 0 Å². The summed E-state index contributed by atoms with van der Waals surface area (Å²) < 4.78 is 41.4. The van der Waals surface area contributed by atoms with E-state index < -0.39 is 44.1 Å². The summed E-state index contributed by atoms with van der Waals surface area (Å²) in [5.74, 6) is -5.71. The number of hydrogen-bond donors (Lipinski definition) is 5. The lowest BCUT2D eigenvalue weighted by Gasteiger charge is -2.44. The van der Waals surface area contributed by atoms with Gasteiger partial charge < -0.3 is 25.1 Å². The van der Waals surface area contributed by atoms with Crippen molar-refractivity contribution in [3.63, 3.8) is 0 Å². The summed E-state index contributed by atoms with van der Waals surface area (Å²) in [7, 11) is -5.26. The summed E-state index contributed by atoms with van der Waals surface area (Å²) in [6.45, 7) is 0.871. The fraction of sp³-hybridized carbons (Fsp3) is 1.00. The largest absolute Gasteiger partial charge is 0.470 e. The molecule has 0 aliphatic heterocycles. The highest BCUT2D eigenvalue weighted by atomic mass is 31.2. The van der Waals surface area contributed by atoms with Gasteiger partial charge in [0.05, 0.1) is 12.0 Å². The first kappa shape index (κ1) is 14.9. The molecule has 7 nitrogen and oxygen atoms in total. The molecule has 0 bridgehead atoms. The second-order valence-corrected chi connectivity index (χ2v) is 5.14. The molecule has 0 radical (unpaired) electrons. The van der Waals surface area contributed by atoms with Crippen molar-refractivity contribution < 1.29 is 43.0 Å². The fourth-order valence-corrected chi connectivity index (χ4v) is 2.23. The Morgan fingerprint density at radius 2 is 1.59 bits per heavy atom. The molecule has 0 aromatic heterocycles. The number of rotatable bonds is 2. The van der Waals surface area contributed by atoms with Gasteiger partial charge in [0, 0.05) is 0 Å². The molecule has 0 saturated heterocycles. The van der Waals surface area contributed by atoms with Crippen molar-refractivity contribution in [2.45, 2.75) is 37.3 Å². The molecule has 0 unspecified atom stereocenters. The number of halogens is 2. The smallest absolute Gasteiger partial charge is 0.390 e. The van der Waals surface area contributed by atoms with E-state index in [1.807, 2.05) is 0 Å². The zero-order valence-corrected chi connectivity index (χ0v) is 9.54. The minimum atomic E-state index is -5.26. The Hall–Kier alpha value is -0.150. The summed E-state index contributed by atoms with van der Waals surface area (Å²) in [5, 5.41) is 27.7. The first-order valence-electron chi connectivity index (χ1n) is 4.64. The molecule has 5 atom stereocenters. The number of alkyl halides is 2. The molecule has 1 saturated carbocycles. The SMILES string of the molecule is C[C@H]1[C@@H](O)[C@@H](O)[C@H](O)[C@H](OP(=O)(O)O)C1(F)F. The molecular formula is C7H13F2O7P. The molecule has 1 aliphatic rings. The van der Waals surface area contributed by atoms with Gasteiger partial charge >= 0.3 is 7.82 Å². The van der Waals surface area contributed by atoms with Crippen LogP contribution < -0.4 is 0 Å². The molecule has 102 valence electrons. The maximum absolute atomic E-state index is 13.6. The third kappa shape index (κ3) is 2.82. The van der Waals surface area contributed by atoms with Crippen LogP contribution in [0.4, 0.5) is 8.78 Å². The molecule has 0 aromatic rings. The van der Waals surface area contributed by atoms with Gasteiger partial charge in [0.1, 0.15) is 12.2 Å². The normalized spacial score (nSPS) is 42.5. The van der Waals surface area contributed by atoms with E-state index in [-0.39, 0.29) is 0 Å². The molecule has 1 aliphatic carbocycles. The second-order valence-electron chi connectivity index (χ2n) is 3.95. The van der Waals surface area contributed by atoms with Crippen LogP contribution in [0, 0.1) is 5.92 Å². The Morgan fingerprint density at radius 3 is 2.00 bits per heavy atom. The van der Waals surface area contributed by atoms with Gasteiger partial charge in [-0.15, -0.1) is 0 Å². The first-order chi connectivity index (χ1) is 7.48. The summed E-state index contributed by atoms with van der Waals surface area (Å²) >= 11 is 0. The van der Waals surface area contributed by atoms with Crippen molar-refractivity contribution in [2.75, 3.05) is 0 Å². The van der Waals surface area contributed by atoms with Crippen molar-refractivity contribution in [3.8, 4) is 0 Å². The Balaban J connectivity index is 3.04. The molecule has 1 rings (SSSR count). The molecule has 17 heavy (non-hydrogen) atoms. The average Bonchev–Trinajstić information content (AvgIpc) is 2.18. The van der Waals surface area contributed by atoms with E-state index in [9.17, 15) is 28.7 Å². The topological polar surface area (TPSA) is 127 Å². The van der Waals surface area contributed by atoms with E-state index in [1.54, 1.807) is 0 Å². The van der Waals surface area contributed by atoms with Crippen molar-refractivity contribution in [1.29, 1.82) is 0 Å². The predicted octanol–water partition coefficient (Wildman–Crippen LogP) is -1.17. The van der Waals surface area contributed by atoms with Crippen LogP contribution in [-0.4, -0.2) is 55.4 Å². The van der Waals surface area contributed by atoms with Gasteiger partial charge in [-0.2, -0.15) is 0 Å². The van der Waals surface area contributed by atoms with Crippen LogP contribution in [0.2, 0.25) is 0 Å². The molecule has 5 N–H and O–H groups in total. The second kappa shape index (κ2) is 4.51. The standard InChI is InChI=1S/C7H13F2O7P/c1-2-3(10)4(11)5(12)6(7(2,8)9)16-17(13,14)15/h2-6,10-12H,1H3,(H2,13,14,15)/t2-,3+,4+,5-,6-/m0/s1. The molecule has 0 spiro atoms. The highest BCUT2D eigenvalue weighted by molar-refractivity contribution is 7.46. The molecule has 10 heteroatoms. The van der Waals surface area contributed by atoms with E-state index >= 15 is 0 Å². The van der Waals surface area contributed by atoms with E-state index in [2.05, 4.69) is 4.52 Å². The molecule has 0 amide bonds. The molecule has 0 heterocycles. The Kier molecular flexibility index (Phi) is 3.95. The zero-order valence-electron chi connectivity index (χ0n) is 8.64. The average molecular weight is 278 g/mol. The van der Waals surface area contributed by atoms with E-state index in [0.29, 0.717) is 0 Å². The van der Waals surface area contributed by atoms with E-state index in [4.69, 9.17) is 9.79 Å². The first-order valence-corrected chi connectivity index (χ1v) is 6.17. The van der Waals surface area contributed by atoms with Crippen LogP contribution in [-0.2, 0) is 9.09 Å². The third-order valence-corrected chi connectivity index (χ3v) is 3.26. The minimum absolute atomic E-state index is 0.871. The number of aliphatic hydroxyl groups is 3. The zero-order chi connectivity index (χ0) is 13.6. The van der Waals surface area contributed by atoms with Crippen LogP contribution in [0.1, 0.15) is 6.92 Å². The van der Waals surface area contributed by atoms with Crippen molar-refractivity contribution in [3.05, 3.63) is 0 Å². The van der Waals surface area contributed by atoms with Gasteiger partial charge in [-0.25, -0.2) is 13.3 Å². The van der Waals surface area contributed by atoms with Gasteiger partial charge in [-0.05, 0) is 0 Å². The molecular weight excluding hydrogens is 265 g/mol. The van der Waals surface area contributed by atoms with Crippen LogP contribution in [0.5, 0.6) is 0 Å². The summed E-state index contributed by atoms with van der Waals surface area (Å²) in [6, 6.07) is 0. The number of hydrogen-bond acceptors (Lipinski definition) is 5.